The van der Waals surface area contributed by atoms with Crippen molar-refractivity contribution >= 4 is 51.9 Å². The van der Waals surface area contributed by atoms with Crippen molar-refractivity contribution in [3.05, 3.63) is 55.6 Å². The van der Waals surface area contributed by atoms with Gasteiger partial charge in [0.05, 0.1) is 16.8 Å². The first-order valence-electron chi connectivity index (χ1n) is 8.49. The van der Waals surface area contributed by atoms with E-state index in [9.17, 15) is 10.1 Å². The van der Waals surface area contributed by atoms with E-state index in [0.29, 0.717) is 27.8 Å². The Labute approximate surface area is 183 Å². The third-order valence-electron chi connectivity index (χ3n) is 3.80. The number of carbonyl (C=O) groups is 1. The summed E-state index contributed by atoms with van der Waals surface area (Å²) in [6.07, 6.45) is 1.50. The fourth-order valence-corrected chi connectivity index (χ4v) is 3.35. The van der Waals surface area contributed by atoms with E-state index in [4.69, 9.17) is 21.1 Å². The number of nitrogens with one attached hydrogen (secondary N) is 1. The zero-order valence-electron chi connectivity index (χ0n) is 16.0. The summed E-state index contributed by atoms with van der Waals surface area (Å²) in [7, 11) is 1.55. The minimum Gasteiger partial charge on any atom is -0.493 e. The van der Waals surface area contributed by atoms with Crippen LogP contribution in [0.15, 0.2) is 35.9 Å². The van der Waals surface area contributed by atoms with Gasteiger partial charge < -0.3 is 14.8 Å². The monoisotopic (exact) mass is 510 g/mol. The van der Waals surface area contributed by atoms with Gasteiger partial charge in [0.15, 0.2) is 11.5 Å². The van der Waals surface area contributed by atoms with Gasteiger partial charge in [-0.3, -0.25) is 4.79 Å². The Morgan fingerprint density at radius 2 is 2.07 bits per heavy atom. The largest absolute Gasteiger partial charge is 0.493 e. The molecule has 2 aromatic carbocycles. The molecule has 0 aromatic heterocycles. The van der Waals surface area contributed by atoms with Gasteiger partial charge in [0.25, 0.3) is 5.91 Å². The molecule has 0 aliphatic carbocycles. The number of anilines is 1. The first-order valence-corrected chi connectivity index (χ1v) is 9.95. The van der Waals surface area contributed by atoms with Crippen LogP contribution in [0.1, 0.15) is 25.0 Å². The van der Waals surface area contributed by atoms with Gasteiger partial charge >= 0.3 is 0 Å². The van der Waals surface area contributed by atoms with Gasteiger partial charge in [-0.15, -0.1) is 0 Å². The second-order valence-electron chi connectivity index (χ2n) is 6.24. The van der Waals surface area contributed by atoms with Gasteiger partial charge in [-0.25, -0.2) is 0 Å². The smallest absolute Gasteiger partial charge is 0.266 e. The predicted molar refractivity (Wildman–Crippen MR) is 120 cm³/mol. The molecule has 0 aliphatic rings. The summed E-state index contributed by atoms with van der Waals surface area (Å²) in [5, 5.41) is 12.7. The van der Waals surface area contributed by atoms with Crippen LogP contribution in [-0.4, -0.2) is 19.1 Å². The number of methoxy groups -OCH3 is 1. The van der Waals surface area contributed by atoms with Crippen LogP contribution in [0.3, 0.4) is 0 Å². The number of amides is 1. The first-order chi connectivity index (χ1) is 13.3. The molecule has 2 rings (SSSR count). The quantitative estimate of drug-likeness (QED) is 0.312. The van der Waals surface area contributed by atoms with E-state index in [1.165, 1.54) is 6.08 Å². The maximum absolute atomic E-state index is 12.6. The molecule has 0 spiro atoms. The van der Waals surface area contributed by atoms with Crippen molar-refractivity contribution in [3.8, 4) is 17.6 Å². The fourth-order valence-electron chi connectivity index (χ4n) is 2.42. The van der Waals surface area contributed by atoms with E-state index in [2.05, 4.69) is 27.9 Å². The molecule has 146 valence electrons. The Balaban J connectivity index is 2.36. The van der Waals surface area contributed by atoms with Gasteiger partial charge in [0, 0.05) is 10.7 Å². The standard InChI is InChI=1S/C21H20ClIN2O3/c1-12(2)28-20-17(23)9-14(10-19(20)27-4)8-15(11-24)21(26)25-18-7-5-6-16(22)13(18)3/h5-10,12H,1-4H3,(H,25,26)/b15-8+. The number of halogens is 2. The predicted octanol–water partition coefficient (Wildman–Crippen LogP) is 5.59. The van der Waals surface area contributed by atoms with Crippen molar-refractivity contribution in [3.63, 3.8) is 0 Å². The molecule has 28 heavy (non-hydrogen) atoms. The van der Waals surface area contributed by atoms with Crippen LogP contribution >= 0.6 is 34.2 Å². The molecule has 0 fully saturated rings. The maximum Gasteiger partial charge on any atom is 0.266 e. The van der Waals surface area contributed by atoms with Crippen molar-refractivity contribution in [2.45, 2.75) is 26.9 Å². The Bertz CT molecular complexity index is 965. The molecule has 1 amide bonds. The molecule has 0 saturated carbocycles. The number of rotatable bonds is 6. The van der Waals surface area contributed by atoms with E-state index in [0.717, 1.165) is 9.13 Å². The van der Waals surface area contributed by atoms with Crippen LogP contribution in [0.5, 0.6) is 11.5 Å². The fraction of sp³-hybridized carbons (Fsp3) is 0.238. The van der Waals surface area contributed by atoms with E-state index < -0.39 is 5.91 Å². The number of nitrogens with zero attached hydrogens (tertiary/aromatic N) is 1. The molecule has 0 saturated heterocycles. The summed E-state index contributed by atoms with van der Waals surface area (Å²) in [5.41, 5.74) is 1.93. The lowest BCUT2D eigenvalue weighted by molar-refractivity contribution is -0.112. The van der Waals surface area contributed by atoms with Gasteiger partial charge in [0.1, 0.15) is 11.6 Å². The van der Waals surface area contributed by atoms with Crippen LogP contribution in [0.2, 0.25) is 5.02 Å². The summed E-state index contributed by atoms with van der Waals surface area (Å²) in [4.78, 5) is 12.6. The highest BCUT2D eigenvalue weighted by molar-refractivity contribution is 14.1. The zero-order chi connectivity index (χ0) is 20.8. The number of benzene rings is 2. The van der Waals surface area contributed by atoms with Crippen molar-refractivity contribution < 1.29 is 14.3 Å². The third-order valence-corrected chi connectivity index (χ3v) is 5.01. The summed E-state index contributed by atoms with van der Waals surface area (Å²) >= 11 is 8.22. The molecule has 0 heterocycles. The summed E-state index contributed by atoms with van der Waals surface area (Å²) in [6, 6.07) is 10.7. The maximum atomic E-state index is 12.6. The van der Waals surface area contributed by atoms with E-state index in [1.807, 2.05) is 26.0 Å². The Morgan fingerprint density at radius 3 is 2.68 bits per heavy atom. The van der Waals surface area contributed by atoms with Crippen LogP contribution in [0.25, 0.3) is 6.08 Å². The number of carbonyl (C=O) groups excluding carboxylic acids is 1. The van der Waals surface area contributed by atoms with Gasteiger partial charge in [0.2, 0.25) is 0 Å². The molecular weight excluding hydrogens is 491 g/mol. The molecule has 1 N–H and O–H groups in total. The summed E-state index contributed by atoms with van der Waals surface area (Å²) < 4.78 is 12.0. The second kappa shape index (κ2) is 9.80. The molecule has 5 nitrogen and oxygen atoms in total. The lowest BCUT2D eigenvalue weighted by Crippen LogP contribution is -2.14. The molecule has 0 bridgehead atoms. The molecule has 0 atom stereocenters. The lowest BCUT2D eigenvalue weighted by atomic mass is 10.1. The topological polar surface area (TPSA) is 71.3 Å². The average Bonchev–Trinajstić information content (AvgIpc) is 2.64. The zero-order valence-corrected chi connectivity index (χ0v) is 18.9. The van der Waals surface area contributed by atoms with E-state index in [-0.39, 0.29) is 11.7 Å². The molecule has 2 aromatic rings. The average molecular weight is 511 g/mol. The molecule has 7 heteroatoms. The summed E-state index contributed by atoms with van der Waals surface area (Å²) in [6.45, 7) is 5.66. The van der Waals surface area contributed by atoms with Gasteiger partial charge in [-0.05, 0) is 84.8 Å². The van der Waals surface area contributed by atoms with Crippen molar-refractivity contribution in [1.29, 1.82) is 5.26 Å². The highest BCUT2D eigenvalue weighted by atomic mass is 127. The molecule has 0 unspecified atom stereocenters. The summed E-state index contributed by atoms with van der Waals surface area (Å²) in [5.74, 6) is 0.660. The minimum atomic E-state index is -0.510. The Morgan fingerprint density at radius 1 is 1.36 bits per heavy atom. The molecular formula is C21H20ClIN2O3. The number of nitriles is 1. The normalized spacial score (nSPS) is 11.1. The SMILES string of the molecule is COc1cc(/C=C(\C#N)C(=O)Nc2cccc(Cl)c2C)cc(I)c1OC(C)C. The minimum absolute atomic E-state index is 0.00908. The van der Waals surface area contributed by atoms with Crippen LogP contribution in [0.4, 0.5) is 5.69 Å². The first kappa shape index (κ1) is 22.1. The highest BCUT2D eigenvalue weighted by Crippen LogP contribution is 2.35. The van der Waals surface area contributed by atoms with Crippen molar-refractivity contribution in [2.75, 3.05) is 12.4 Å². The van der Waals surface area contributed by atoms with Crippen LogP contribution < -0.4 is 14.8 Å². The van der Waals surface area contributed by atoms with Crippen LogP contribution in [-0.2, 0) is 4.79 Å². The number of hydrogen-bond donors (Lipinski definition) is 1. The van der Waals surface area contributed by atoms with Crippen LogP contribution in [0, 0.1) is 21.8 Å². The lowest BCUT2D eigenvalue weighted by Gasteiger charge is -2.16. The second-order valence-corrected chi connectivity index (χ2v) is 7.81. The number of ether oxygens (including phenoxy) is 2. The molecule has 0 radical (unpaired) electrons. The molecule has 0 aliphatic heterocycles. The Kier molecular flexibility index (Phi) is 7.72. The number of hydrogen-bond acceptors (Lipinski definition) is 4. The van der Waals surface area contributed by atoms with E-state index in [1.54, 1.807) is 38.3 Å². The van der Waals surface area contributed by atoms with Gasteiger partial charge in [-0.2, -0.15) is 5.26 Å². The highest BCUT2D eigenvalue weighted by Gasteiger charge is 2.15. The Hall–Kier alpha value is -2.24. The van der Waals surface area contributed by atoms with Crippen molar-refractivity contribution in [2.24, 2.45) is 0 Å². The van der Waals surface area contributed by atoms with E-state index >= 15 is 0 Å². The third kappa shape index (κ3) is 5.40. The van der Waals surface area contributed by atoms with Gasteiger partial charge in [-0.1, -0.05) is 17.7 Å². The van der Waals surface area contributed by atoms with Crippen molar-refractivity contribution in [1.82, 2.24) is 0 Å².